The number of thioether (sulfide) groups is 1. The molecular formula is C13H10F3N3O3S. The molecule has 0 saturated carbocycles. The highest BCUT2D eigenvalue weighted by Crippen LogP contribution is 2.29. The number of halogens is 3. The van der Waals surface area contributed by atoms with Crippen LogP contribution in [0.3, 0.4) is 0 Å². The van der Waals surface area contributed by atoms with Crippen LogP contribution in [0.4, 0.5) is 18.0 Å². The summed E-state index contributed by atoms with van der Waals surface area (Å²) in [5, 5.41) is -0.330. The molecular weight excluding hydrogens is 335 g/mol. The van der Waals surface area contributed by atoms with Gasteiger partial charge in [-0.1, -0.05) is 11.8 Å². The van der Waals surface area contributed by atoms with E-state index in [1.54, 1.807) is 0 Å². The van der Waals surface area contributed by atoms with Crippen molar-refractivity contribution in [3.63, 3.8) is 0 Å². The minimum atomic E-state index is -4.56. The number of amides is 3. The second-order valence-corrected chi connectivity index (χ2v) is 6.04. The lowest BCUT2D eigenvalue weighted by Gasteiger charge is -2.42. The minimum Gasteiger partial charge on any atom is -0.334 e. The summed E-state index contributed by atoms with van der Waals surface area (Å²) in [5.74, 6) is -0.658. The zero-order valence-electron chi connectivity index (χ0n) is 11.5. The van der Waals surface area contributed by atoms with E-state index in [-0.39, 0.29) is 41.6 Å². The Morgan fingerprint density at radius 1 is 1.26 bits per heavy atom. The van der Waals surface area contributed by atoms with Crippen LogP contribution in [-0.4, -0.2) is 56.7 Å². The number of alkyl halides is 3. The highest BCUT2D eigenvalue weighted by molar-refractivity contribution is 8.14. The summed E-state index contributed by atoms with van der Waals surface area (Å²) in [6.07, 6.45) is -3.68. The molecule has 0 radical (unpaired) electrons. The maximum atomic E-state index is 12.4. The minimum absolute atomic E-state index is 0.0323. The molecule has 3 heterocycles. The van der Waals surface area contributed by atoms with Crippen molar-refractivity contribution in [2.75, 3.05) is 18.8 Å². The van der Waals surface area contributed by atoms with Crippen LogP contribution in [0.5, 0.6) is 0 Å². The molecule has 0 aliphatic carbocycles. The number of nitrogens with zero attached hydrogens (tertiary/aromatic N) is 3. The smallest absolute Gasteiger partial charge is 0.334 e. The number of carbonyl (C=O) groups excluding carboxylic acids is 3. The lowest BCUT2D eigenvalue weighted by Crippen LogP contribution is -2.62. The van der Waals surface area contributed by atoms with Gasteiger partial charge in [-0.05, 0) is 12.1 Å². The molecule has 0 aromatic carbocycles. The SMILES string of the molecule is O=C(c1ccc(C(F)(F)F)nc1)N1CC(N2C(=O)CSC2=O)C1. The van der Waals surface area contributed by atoms with E-state index in [1.807, 2.05) is 0 Å². The maximum Gasteiger partial charge on any atom is 0.433 e. The first-order valence-corrected chi connectivity index (χ1v) is 7.57. The molecule has 1 aromatic heterocycles. The van der Waals surface area contributed by atoms with Crippen molar-refractivity contribution in [3.8, 4) is 0 Å². The normalized spacial score (nSPS) is 19.3. The predicted octanol–water partition coefficient (Wildman–Crippen LogP) is 1.62. The van der Waals surface area contributed by atoms with Crippen molar-refractivity contribution in [3.05, 3.63) is 29.6 Å². The van der Waals surface area contributed by atoms with E-state index in [0.29, 0.717) is 0 Å². The van der Waals surface area contributed by atoms with Crippen molar-refractivity contribution in [1.29, 1.82) is 0 Å². The molecule has 0 unspecified atom stereocenters. The van der Waals surface area contributed by atoms with Gasteiger partial charge in [0.05, 0.1) is 17.4 Å². The third-order valence-electron chi connectivity index (χ3n) is 3.60. The van der Waals surface area contributed by atoms with Crippen molar-refractivity contribution in [2.45, 2.75) is 12.2 Å². The Hall–Kier alpha value is -2.10. The first-order valence-electron chi connectivity index (χ1n) is 6.58. The Labute approximate surface area is 132 Å². The highest BCUT2D eigenvalue weighted by atomic mass is 32.2. The van der Waals surface area contributed by atoms with Crippen LogP contribution in [-0.2, 0) is 11.0 Å². The van der Waals surface area contributed by atoms with Gasteiger partial charge in [0.1, 0.15) is 5.69 Å². The zero-order chi connectivity index (χ0) is 16.8. The van der Waals surface area contributed by atoms with Crippen LogP contribution in [0.2, 0.25) is 0 Å². The second-order valence-electron chi connectivity index (χ2n) is 5.11. The number of carbonyl (C=O) groups is 3. The van der Waals surface area contributed by atoms with Crippen LogP contribution in [0, 0.1) is 0 Å². The van der Waals surface area contributed by atoms with Crippen LogP contribution < -0.4 is 0 Å². The molecule has 2 aliphatic rings. The number of imide groups is 1. The van der Waals surface area contributed by atoms with Gasteiger partial charge in [0.15, 0.2) is 0 Å². The summed E-state index contributed by atoms with van der Waals surface area (Å²) in [7, 11) is 0. The summed E-state index contributed by atoms with van der Waals surface area (Å²) in [6.45, 7) is 0.357. The fourth-order valence-electron chi connectivity index (χ4n) is 2.37. The average molecular weight is 345 g/mol. The van der Waals surface area contributed by atoms with Crippen molar-refractivity contribution < 1.29 is 27.6 Å². The van der Waals surface area contributed by atoms with E-state index >= 15 is 0 Å². The molecule has 2 fully saturated rings. The molecule has 10 heteroatoms. The van der Waals surface area contributed by atoms with Gasteiger partial charge < -0.3 is 4.90 Å². The number of rotatable bonds is 2. The summed E-state index contributed by atoms with van der Waals surface area (Å²) in [4.78, 5) is 41.0. The number of hydrogen-bond donors (Lipinski definition) is 0. The number of pyridine rings is 1. The molecule has 6 nitrogen and oxygen atoms in total. The third kappa shape index (κ3) is 2.90. The van der Waals surface area contributed by atoms with Gasteiger partial charge in [-0.2, -0.15) is 13.2 Å². The molecule has 0 spiro atoms. The van der Waals surface area contributed by atoms with E-state index in [1.165, 1.54) is 4.90 Å². The Morgan fingerprint density at radius 2 is 1.96 bits per heavy atom. The number of likely N-dealkylation sites (tertiary alicyclic amines) is 1. The van der Waals surface area contributed by atoms with Gasteiger partial charge >= 0.3 is 6.18 Å². The van der Waals surface area contributed by atoms with Crippen molar-refractivity contribution >= 4 is 28.8 Å². The summed E-state index contributed by atoms with van der Waals surface area (Å²) in [5.41, 5.74) is -1.04. The maximum absolute atomic E-state index is 12.4. The monoisotopic (exact) mass is 345 g/mol. The topological polar surface area (TPSA) is 70.6 Å². The standard InChI is InChI=1S/C13H10F3N3O3S/c14-13(15,16)9-2-1-7(3-17-9)11(21)18-4-8(5-18)19-10(20)6-23-12(19)22/h1-3,8H,4-6H2. The third-order valence-corrected chi connectivity index (χ3v) is 4.43. The quantitative estimate of drug-likeness (QED) is 0.815. The zero-order valence-corrected chi connectivity index (χ0v) is 12.4. The first kappa shape index (κ1) is 15.8. The molecule has 0 N–H and O–H groups in total. The van der Waals surface area contributed by atoms with Gasteiger partial charge in [-0.15, -0.1) is 0 Å². The van der Waals surface area contributed by atoms with Gasteiger partial charge in [0, 0.05) is 19.3 Å². The summed E-state index contributed by atoms with van der Waals surface area (Å²) >= 11 is 0.918. The molecule has 1 aromatic rings. The molecule has 3 rings (SSSR count). The van der Waals surface area contributed by atoms with E-state index < -0.39 is 17.8 Å². The van der Waals surface area contributed by atoms with E-state index in [9.17, 15) is 27.6 Å². The Balaban J connectivity index is 1.63. The summed E-state index contributed by atoms with van der Waals surface area (Å²) in [6, 6.07) is 1.44. The molecule has 122 valence electrons. The fraction of sp³-hybridized carbons (Fsp3) is 0.385. The van der Waals surface area contributed by atoms with Gasteiger partial charge in [-0.25, -0.2) is 0 Å². The van der Waals surface area contributed by atoms with Gasteiger partial charge in [-0.3, -0.25) is 24.3 Å². The largest absolute Gasteiger partial charge is 0.433 e. The van der Waals surface area contributed by atoms with Gasteiger partial charge in [0.25, 0.3) is 11.1 Å². The second kappa shape index (κ2) is 5.52. The summed E-state index contributed by atoms with van der Waals surface area (Å²) < 4.78 is 37.3. The van der Waals surface area contributed by atoms with E-state index in [0.717, 1.165) is 35.0 Å². The molecule has 2 aliphatic heterocycles. The number of hydrogen-bond acceptors (Lipinski definition) is 5. The van der Waals surface area contributed by atoms with E-state index in [2.05, 4.69) is 4.98 Å². The van der Waals surface area contributed by atoms with Crippen molar-refractivity contribution in [2.24, 2.45) is 0 Å². The Kier molecular flexibility index (Phi) is 3.78. The lowest BCUT2D eigenvalue weighted by atomic mass is 10.1. The molecule has 23 heavy (non-hydrogen) atoms. The molecule has 0 bridgehead atoms. The predicted molar refractivity (Wildman–Crippen MR) is 73.6 cm³/mol. The first-order chi connectivity index (χ1) is 10.8. The van der Waals surface area contributed by atoms with Gasteiger partial charge in [0.2, 0.25) is 5.91 Å². The molecule has 3 amide bonds. The fourth-order valence-corrected chi connectivity index (χ4v) is 3.15. The van der Waals surface area contributed by atoms with Crippen LogP contribution >= 0.6 is 11.8 Å². The highest BCUT2D eigenvalue weighted by Gasteiger charge is 2.43. The Bertz CT molecular complexity index is 655. The molecule has 2 saturated heterocycles. The molecule has 0 atom stereocenters. The number of aromatic nitrogens is 1. The Morgan fingerprint density at radius 3 is 2.43 bits per heavy atom. The van der Waals surface area contributed by atoms with Crippen LogP contribution in [0.1, 0.15) is 16.1 Å². The van der Waals surface area contributed by atoms with Crippen molar-refractivity contribution in [1.82, 2.24) is 14.8 Å². The average Bonchev–Trinajstić information content (AvgIpc) is 2.77. The van der Waals surface area contributed by atoms with Crippen LogP contribution in [0.15, 0.2) is 18.3 Å². The lowest BCUT2D eigenvalue weighted by molar-refractivity contribution is -0.141. The van der Waals surface area contributed by atoms with Crippen LogP contribution in [0.25, 0.3) is 0 Å². The van der Waals surface area contributed by atoms with E-state index in [4.69, 9.17) is 0 Å².